The third-order valence-electron chi connectivity index (χ3n) is 5.51. The summed E-state index contributed by atoms with van der Waals surface area (Å²) in [6, 6.07) is 14.0. The van der Waals surface area contributed by atoms with Gasteiger partial charge in [0.2, 0.25) is 0 Å². The number of aromatic nitrogens is 2. The van der Waals surface area contributed by atoms with Crippen LogP contribution in [0.3, 0.4) is 0 Å². The smallest absolute Gasteiger partial charge is 0.338 e. The van der Waals surface area contributed by atoms with Gasteiger partial charge < -0.3 is 24.8 Å². The van der Waals surface area contributed by atoms with Crippen LogP contribution in [0.5, 0.6) is 5.75 Å². The Kier molecular flexibility index (Phi) is 7.52. The zero-order chi connectivity index (χ0) is 24.9. The molecule has 1 aliphatic rings. The van der Waals surface area contributed by atoms with Crippen molar-refractivity contribution in [2.24, 2.45) is 0 Å². The Bertz CT molecular complexity index is 1270. The number of para-hydroxylation sites is 1. The molecule has 35 heavy (non-hydrogen) atoms. The normalized spacial score (nSPS) is 15.4. The lowest BCUT2D eigenvalue weighted by Gasteiger charge is -2.28. The van der Waals surface area contributed by atoms with Gasteiger partial charge in [0.05, 0.1) is 41.2 Å². The standard InChI is InChI=1S/C25H25BrN4O5/c1-15-21(24(31)35-12-11-33-2)23(28-25(32)27-15)18-14-30(17-7-5-4-6-8-17)29-22(18)16-9-10-20(34-3)19(26)13-16/h4-10,13-14,23H,11-12H2,1-3H3,(H2,27,28,32)/t23-/m0/s1. The van der Waals surface area contributed by atoms with E-state index >= 15 is 0 Å². The number of allylic oxidation sites excluding steroid dienone is 1. The lowest BCUT2D eigenvalue weighted by molar-refractivity contribution is -0.140. The molecule has 2 heterocycles. The van der Waals surface area contributed by atoms with E-state index in [0.717, 1.165) is 15.7 Å². The molecule has 0 saturated heterocycles. The van der Waals surface area contributed by atoms with Crippen LogP contribution in [0, 0.1) is 0 Å². The fraction of sp³-hybridized carbons (Fsp3) is 0.240. The molecule has 10 heteroatoms. The second-order valence-electron chi connectivity index (χ2n) is 7.76. The minimum absolute atomic E-state index is 0.0916. The number of halogens is 1. The van der Waals surface area contributed by atoms with Gasteiger partial charge in [-0.25, -0.2) is 14.3 Å². The molecule has 4 rings (SSSR count). The fourth-order valence-electron chi connectivity index (χ4n) is 3.84. The first-order valence-corrected chi connectivity index (χ1v) is 11.7. The molecule has 3 aromatic rings. The summed E-state index contributed by atoms with van der Waals surface area (Å²) in [6.07, 6.45) is 1.81. The van der Waals surface area contributed by atoms with Crippen molar-refractivity contribution >= 4 is 27.9 Å². The Balaban J connectivity index is 1.85. The highest BCUT2D eigenvalue weighted by Gasteiger charge is 2.35. The lowest BCUT2D eigenvalue weighted by Crippen LogP contribution is -2.45. The second-order valence-corrected chi connectivity index (χ2v) is 8.62. The molecule has 0 radical (unpaired) electrons. The van der Waals surface area contributed by atoms with E-state index in [1.54, 1.807) is 18.7 Å². The lowest BCUT2D eigenvalue weighted by atomic mass is 9.94. The van der Waals surface area contributed by atoms with Gasteiger partial charge in [-0.2, -0.15) is 5.10 Å². The van der Waals surface area contributed by atoms with Crippen LogP contribution in [-0.4, -0.2) is 49.2 Å². The van der Waals surface area contributed by atoms with Crippen LogP contribution in [0.25, 0.3) is 16.9 Å². The molecule has 2 N–H and O–H groups in total. The largest absolute Gasteiger partial charge is 0.496 e. The molecule has 1 aliphatic heterocycles. The monoisotopic (exact) mass is 540 g/mol. The quantitative estimate of drug-likeness (QED) is 0.329. The van der Waals surface area contributed by atoms with Gasteiger partial charge >= 0.3 is 12.0 Å². The Labute approximate surface area is 211 Å². The van der Waals surface area contributed by atoms with E-state index in [9.17, 15) is 9.59 Å². The van der Waals surface area contributed by atoms with E-state index in [2.05, 4.69) is 26.6 Å². The van der Waals surface area contributed by atoms with Crippen molar-refractivity contribution in [1.82, 2.24) is 20.4 Å². The molecule has 0 aliphatic carbocycles. The van der Waals surface area contributed by atoms with Crippen molar-refractivity contribution in [1.29, 1.82) is 0 Å². The number of carbonyl (C=O) groups excluding carboxylic acids is 2. The summed E-state index contributed by atoms with van der Waals surface area (Å²) in [6.45, 7) is 2.03. The number of nitrogens with one attached hydrogen (secondary N) is 2. The number of urea groups is 1. The van der Waals surface area contributed by atoms with E-state index in [0.29, 0.717) is 28.3 Å². The topological polar surface area (TPSA) is 104 Å². The number of ether oxygens (including phenoxy) is 3. The average Bonchev–Trinajstić information content (AvgIpc) is 3.29. The molecule has 2 amide bonds. The number of methoxy groups -OCH3 is 2. The Morgan fingerprint density at radius 2 is 1.91 bits per heavy atom. The molecule has 1 atom stereocenters. The van der Waals surface area contributed by atoms with Crippen LogP contribution in [0.15, 0.2) is 70.5 Å². The van der Waals surface area contributed by atoms with Crippen molar-refractivity contribution in [2.45, 2.75) is 13.0 Å². The molecule has 0 fully saturated rings. The van der Waals surface area contributed by atoms with Gasteiger partial charge in [0.1, 0.15) is 12.4 Å². The molecule has 9 nitrogen and oxygen atoms in total. The molecule has 1 aromatic heterocycles. The number of esters is 1. The van der Waals surface area contributed by atoms with E-state index in [4.69, 9.17) is 19.3 Å². The second kappa shape index (κ2) is 10.7. The molecule has 0 saturated carbocycles. The van der Waals surface area contributed by atoms with Crippen molar-refractivity contribution in [3.63, 3.8) is 0 Å². The maximum atomic E-state index is 13.1. The van der Waals surface area contributed by atoms with Gasteiger partial charge in [0, 0.05) is 30.1 Å². The summed E-state index contributed by atoms with van der Waals surface area (Å²) in [5.41, 5.74) is 3.55. The average molecular weight is 541 g/mol. The number of amides is 2. The summed E-state index contributed by atoms with van der Waals surface area (Å²) < 4.78 is 18.2. The van der Waals surface area contributed by atoms with Gasteiger partial charge in [-0.3, -0.25) is 0 Å². The predicted molar refractivity (Wildman–Crippen MR) is 133 cm³/mol. The number of rotatable bonds is 8. The number of nitrogens with zero attached hydrogens (tertiary/aromatic N) is 2. The Morgan fingerprint density at radius 3 is 2.60 bits per heavy atom. The number of carbonyl (C=O) groups is 2. The van der Waals surface area contributed by atoms with E-state index in [1.165, 1.54) is 7.11 Å². The third kappa shape index (κ3) is 5.23. The van der Waals surface area contributed by atoms with Crippen LogP contribution in [0.2, 0.25) is 0 Å². The zero-order valence-corrected chi connectivity index (χ0v) is 21.1. The molecule has 0 spiro atoms. The van der Waals surface area contributed by atoms with Gasteiger partial charge in [0.15, 0.2) is 0 Å². The third-order valence-corrected chi connectivity index (χ3v) is 6.13. The molecule has 0 bridgehead atoms. The minimum Gasteiger partial charge on any atom is -0.496 e. The van der Waals surface area contributed by atoms with Crippen LogP contribution in [0.1, 0.15) is 18.5 Å². The first-order valence-electron chi connectivity index (χ1n) is 10.9. The molecule has 0 unspecified atom stereocenters. The predicted octanol–water partition coefficient (Wildman–Crippen LogP) is 4.13. The van der Waals surface area contributed by atoms with Gasteiger partial charge in [-0.1, -0.05) is 18.2 Å². The summed E-state index contributed by atoms with van der Waals surface area (Å²) in [4.78, 5) is 25.5. The SMILES string of the molecule is COCCOC(=O)C1=C(C)NC(=O)N[C@H]1c1cn(-c2ccccc2)nc1-c1ccc(OC)c(Br)c1. The fourth-order valence-corrected chi connectivity index (χ4v) is 4.38. The summed E-state index contributed by atoms with van der Waals surface area (Å²) in [7, 11) is 3.12. The van der Waals surface area contributed by atoms with Crippen molar-refractivity contribution < 1.29 is 23.8 Å². The molecular formula is C25H25BrN4O5. The first-order chi connectivity index (χ1) is 16.9. The number of benzene rings is 2. The maximum absolute atomic E-state index is 13.1. The van der Waals surface area contributed by atoms with E-state index < -0.39 is 18.0 Å². The van der Waals surface area contributed by atoms with E-state index in [1.807, 2.05) is 54.7 Å². The van der Waals surface area contributed by atoms with Crippen LogP contribution >= 0.6 is 15.9 Å². The summed E-state index contributed by atoms with van der Waals surface area (Å²) in [5, 5.41) is 10.4. The molecule has 182 valence electrons. The zero-order valence-electron chi connectivity index (χ0n) is 19.5. The van der Waals surface area contributed by atoms with Crippen molar-refractivity contribution in [3.05, 3.63) is 76.0 Å². The highest BCUT2D eigenvalue weighted by molar-refractivity contribution is 9.10. The Morgan fingerprint density at radius 1 is 1.14 bits per heavy atom. The van der Waals surface area contributed by atoms with Gasteiger partial charge in [0.25, 0.3) is 0 Å². The minimum atomic E-state index is -0.785. The Hall–Kier alpha value is -3.63. The highest BCUT2D eigenvalue weighted by atomic mass is 79.9. The van der Waals surface area contributed by atoms with Gasteiger partial charge in [-0.05, 0) is 53.2 Å². The van der Waals surface area contributed by atoms with Crippen molar-refractivity contribution in [2.75, 3.05) is 27.4 Å². The van der Waals surface area contributed by atoms with Crippen LogP contribution < -0.4 is 15.4 Å². The number of hydrogen-bond acceptors (Lipinski definition) is 6. The first kappa shape index (κ1) is 24.5. The van der Waals surface area contributed by atoms with Gasteiger partial charge in [-0.15, -0.1) is 0 Å². The summed E-state index contributed by atoms with van der Waals surface area (Å²) in [5.74, 6) is 0.123. The van der Waals surface area contributed by atoms with E-state index in [-0.39, 0.29) is 13.2 Å². The van der Waals surface area contributed by atoms with Crippen LogP contribution in [-0.2, 0) is 14.3 Å². The maximum Gasteiger partial charge on any atom is 0.338 e. The summed E-state index contributed by atoms with van der Waals surface area (Å²) >= 11 is 3.53. The number of hydrogen-bond donors (Lipinski definition) is 2. The van der Waals surface area contributed by atoms with Crippen LogP contribution in [0.4, 0.5) is 4.79 Å². The highest BCUT2D eigenvalue weighted by Crippen LogP contribution is 2.37. The van der Waals surface area contributed by atoms with Crippen molar-refractivity contribution in [3.8, 4) is 22.7 Å². The molecule has 2 aromatic carbocycles. The molecular weight excluding hydrogens is 516 g/mol.